The third kappa shape index (κ3) is 2.45. The Kier molecular flexibility index (Phi) is 3.76. The highest BCUT2D eigenvalue weighted by Crippen LogP contribution is 2.09. The van der Waals surface area contributed by atoms with Gasteiger partial charge in [0.1, 0.15) is 6.33 Å². The van der Waals surface area contributed by atoms with Crippen molar-refractivity contribution in [2.45, 2.75) is 32.7 Å². The number of nitrogens with zero attached hydrogens (tertiary/aromatic N) is 2. The molecule has 0 saturated carbocycles. The normalized spacial score (nSPS) is 10.4. The van der Waals surface area contributed by atoms with Gasteiger partial charge in [-0.05, 0) is 12.8 Å². The summed E-state index contributed by atoms with van der Waals surface area (Å²) in [5.74, 6) is -0.335. The van der Waals surface area contributed by atoms with Crippen LogP contribution in [0.5, 0.6) is 0 Å². The molecule has 2 N–H and O–H groups in total. The molecule has 0 aliphatic rings. The summed E-state index contributed by atoms with van der Waals surface area (Å²) < 4.78 is 13.4. The zero-order chi connectivity index (χ0) is 9.68. The average Bonchev–Trinajstić information content (AvgIpc) is 2.16. The van der Waals surface area contributed by atoms with E-state index < -0.39 is 0 Å². The summed E-state index contributed by atoms with van der Waals surface area (Å²) in [6.45, 7) is 2.19. The Morgan fingerprint density at radius 2 is 2.08 bits per heavy atom. The number of halogens is 1. The maximum Gasteiger partial charge on any atom is 0.167 e. The number of hydrogen-bond acceptors (Lipinski definition) is 3. The molecule has 0 spiro atoms. The Bertz CT molecular complexity index is 276. The Labute approximate surface area is 77.2 Å². The number of hydrogen-bond donors (Lipinski definition) is 1. The minimum Gasteiger partial charge on any atom is -0.325 e. The molecule has 13 heavy (non-hydrogen) atoms. The van der Waals surface area contributed by atoms with Crippen LogP contribution in [0, 0.1) is 5.82 Å². The third-order valence-electron chi connectivity index (χ3n) is 1.89. The van der Waals surface area contributed by atoms with Crippen molar-refractivity contribution in [3.8, 4) is 0 Å². The summed E-state index contributed by atoms with van der Waals surface area (Å²) in [5.41, 5.74) is 6.11. The first kappa shape index (κ1) is 10.1. The number of aromatic nitrogens is 2. The van der Waals surface area contributed by atoms with Crippen molar-refractivity contribution in [1.29, 1.82) is 0 Å². The van der Waals surface area contributed by atoms with E-state index in [1.165, 1.54) is 6.33 Å². The largest absolute Gasteiger partial charge is 0.325 e. The van der Waals surface area contributed by atoms with E-state index in [0.29, 0.717) is 17.8 Å². The first-order valence-electron chi connectivity index (χ1n) is 4.48. The summed E-state index contributed by atoms with van der Waals surface area (Å²) in [4.78, 5) is 7.64. The number of aryl methyl sites for hydroxylation is 1. The molecule has 1 aromatic heterocycles. The maximum atomic E-state index is 13.4. The van der Waals surface area contributed by atoms with E-state index in [2.05, 4.69) is 16.9 Å². The van der Waals surface area contributed by atoms with Gasteiger partial charge in [0.25, 0.3) is 0 Å². The number of rotatable bonds is 4. The third-order valence-corrected chi connectivity index (χ3v) is 1.89. The van der Waals surface area contributed by atoms with Gasteiger partial charge in [0.2, 0.25) is 0 Å². The van der Waals surface area contributed by atoms with Gasteiger partial charge in [-0.15, -0.1) is 0 Å². The standard InChI is InChI=1S/C9H14FN3/c1-2-3-4-7-9(10)8(5-11)13-6-12-7/h6H,2-5,11H2,1H3. The molecule has 0 unspecified atom stereocenters. The summed E-state index contributed by atoms with van der Waals surface area (Å²) in [5, 5.41) is 0. The molecule has 4 heteroatoms. The summed E-state index contributed by atoms with van der Waals surface area (Å²) >= 11 is 0. The Balaban J connectivity index is 2.81. The van der Waals surface area contributed by atoms with Crippen LogP contribution in [0.2, 0.25) is 0 Å². The van der Waals surface area contributed by atoms with E-state index in [-0.39, 0.29) is 12.4 Å². The van der Waals surface area contributed by atoms with Crippen LogP contribution in [-0.2, 0) is 13.0 Å². The van der Waals surface area contributed by atoms with Crippen molar-refractivity contribution in [2.75, 3.05) is 0 Å². The summed E-state index contributed by atoms with van der Waals surface area (Å²) in [6.07, 6.45) is 4.01. The molecule has 0 saturated heterocycles. The molecule has 0 bridgehead atoms. The van der Waals surface area contributed by atoms with Gasteiger partial charge in [-0.3, -0.25) is 0 Å². The zero-order valence-electron chi connectivity index (χ0n) is 7.76. The highest BCUT2D eigenvalue weighted by atomic mass is 19.1. The van der Waals surface area contributed by atoms with E-state index >= 15 is 0 Å². The second-order valence-corrected chi connectivity index (χ2v) is 2.89. The van der Waals surface area contributed by atoms with Crippen molar-refractivity contribution in [3.05, 3.63) is 23.5 Å². The smallest absolute Gasteiger partial charge is 0.167 e. The summed E-state index contributed by atoms with van der Waals surface area (Å²) in [7, 11) is 0. The van der Waals surface area contributed by atoms with Gasteiger partial charge in [-0.25, -0.2) is 14.4 Å². The van der Waals surface area contributed by atoms with E-state index in [1.807, 2.05) is 0 Å². The van der Waals surface area contributed by atoms with Crippen LogP contribution in [-0.4, -0.2) is 9.97 Å². The Morgan fingerprint density at radius 3 is 2.69 bits per heavy atom. The topological polar surface area (TPSA) is 51.8 Å². The first-order chi connectivity index (χ1) is 6.29. The van der Waals surface area contributed by atoms with Gasteiger partial charge in [-0.1, -0.05) is 13.3 Å². The lowest BCUT2D eigenvalue weighted by atomic mass is 10.2. The van der Waals surface area contributed by atoms with Crippen LogP contribution in [0.4, 0.5) is 4.39 Å². The van der Waals surface area contributed by atoms with Gasteiger partial charge in [0.15, 0.2) is 5.82 Å². The van der Waals surface area contributed by atoms with Gasteiger partial charge in [0, 0.05) is 6.54 Å². The molecular formula is C9H14FN3. The van der Waals surface area contributed by atoms with Crippen LogP contribution >= 0.6 is 0 Å². The number of unbranched alkanes of at least 4 members (excludes halogenated alkanes) is 1. The van der Waals surface area contributed by atoms with Crippen molar-refractivity contribution in [3.63, 3.8) is 0 Å². The molecule has 0 fully saturated rings. The predicted molar refractivity (Wildman–Crippen MR) is 48.5 cm³/mol. The van der Waals surface area contributed by atoms with Crippen molar-refractivity contribution < 1.29 is 4.39 Å². The minimum absolute atomic E-state index is 0.132. The van der Waals surface area contributed by atoms with Crippen LogP contribution in [0.3, 0.4) is 0 Å². The highest BCUT2D eigenvalue weighted by molar-refractivity contribution is 5.11. The molecule has 1 aromatic rings. The van der Waals surface area contributed by atoms with Gasteiger partial charge >= 0.3 is 0 Å². The van der Waals surface area contributed by atoms with Crippen LogP contribution in [0.25, 0.3) is 0 Å². The Hall–Kier alpha value is -1.03. The lowest BCUT2D eigenvalue weighted by Crippen LogP contribution is -2.07. The quantitative estimate of drug-likeness (QED) is 0.768. The van der Waals surface area contributed by atoms with Gasteiger partial charge in [0.05, 0.1) is 11.4 Å². The summed E-state index contributed by atoms with van der Waals surface area (Å²) in [6, 6.07) is 0. The van der Waals surface area contributed by atoms with Crippen LogP contribution in [0.15, 0.2) is 6.33 Å². The lowest BCUT2D eigenvalue weighted by Gasteiger charge is -2.03. The molecule has 0 atom stereocenters. The van der Waals surface area contributed by atoms with Crippen molar-refractivity contribution >= 4 is 0 Å². The van der Waals surface area contributed by atoms with E-state index in [0.717, 1.165) is 12.8 Å². The SMILES string of the molecule is CCCCc1ncnc(CN)c1F. The lowest BCUT2D eigenvalue weighted by molar-refractivity contribution is 0.563. The van der Waals surface area contributed by atoms with E-state index in [9.17, 15) is 4.39 Å². The molecule has 1 heterocycles. The van der Waals surface area contributed by atoms with Crippen molar-refractivity contribution in [1.82, 2.24) is 9.97 Å². The molecule has 1 rings (SSSR count). The van der Waals surface area contributed by atoms with Gasteiger partial charge < -0.3 is 5.73 Å². The van der Waals surface area contributed by atoms with Crippen molar-refractivity contribution in [2.24, 2.45) is 5.73 Å². The second kappa shape index (κ2) is 4.87. The Morgan fingerprint density at radius 1 is 1.38 bits per heavy atom. The average molecular weight is 183 g/mol. The van der Waals surface area contributed by atoms with Crippen LogP contribution < -0.4 is 5.73 Å². The fourth-order valence-electron chi connectivity index (χ4n) is 1.11. The maximum absolute atomic E-state index is 13.4. The monoisotopic (exact) mass is 183 g/mol. The fourth-order valence-corrected chi connectivity index (χ4v) is 1.11. The number of nitrogens with two attached hydrogens (primary N) is 1. The molecule has 0 radical (unpaired) electrons. The molecule has 72 valence electrons. The fraction of sp³-hybridized carbons (Fsp3) is 0.556. The first-order valence-corrected chi connectivity index (χ1v) is 4.48. The highest BCUT2D eigenvalue weighted by Gasteiger charge is 2.08. The van der Waals surface area contributed by atoms with Gasteiger partial charge in [-0.2, -0.15) is 0 Å². The molecule has 0 aliphatic heterocycles. The van der Waals surface area contributed by atoms with E-state index in [1.54, 1.807) is 0 Å². The molecule has 3 nitrogen and oxygen atoms in total. The minimum atomic E-state index is -0.335. The molecular weight excluding hydrogens is 169 g/mol. The molecule has 0 amide bonds. The van der Waals surface area contributed by atoms with Crippen LogP contribution in [0.1, 0.15) is 31.2 Å². The predicted octanol–water partition coefficient (Wildman–Crippen LogP) is 1.42. The zero-order valence-corrected chi connectivity index (χ0v) is 7.76. The second-order valence-electron chi connectivity index (χ2n) is 2.89. The van der Waals surface area contributed by atoms with E-state index in [4.69, 9.17) is 5.73 Å². The molecule has 0 aromatic carbocycles. The molecule has 0 aliphatic carbocycles.